The quantitative estimate of drug-likeness (QED) is 0.822. The molecule has 1 aromatic heterocycles. The minimum Gasteiger partial charge on any atom is -0.315 e. The SMILES string of the molecule is CCC(C)(C(CCc1ccsc1)NC)N1CCCC1. The molecule has 0 radical (unpaired) electrons. The second kappa shape index (κ2) is 6.87. The first-order valence-corrected chi connectivity index (χ1v) is 8.58. The first-order chi connectivity index (χ1) is 9.20. The van der Waals surface area contributed by atoms with Gasteiger partial charge in [-0.15, -0.1) is 0 Å². The van der Waals surface area contributed by atoms with E-state index in [0.717, 1.165) is 0 Å². The Bertz CT molecular complexity index is 357. The summed E-state index contributed by atoms with van der Waals surface area (Å²) >= 11 is 1.81. The molecule has 108 valence electrons. The van der Waals surface area contributed by atoms with Gasteiger partial charge in [-0.05, 0) is 81.6 Å². The van der Waals surface area contributed by atoms with Crippen LogP contribution in [-0.4, -0.2) is 36.6 Å². The number of rotatable bonds is 7. The molecule has 0 bridgehead atoms. The van der Waals surface area contributed by atoms with Gasteiger partial charge in [0.2, 0.25) is 0 Å². The largest absolute Gasteiger partial charge is 0.315 e. The van der Waals surface area contributed by atoms with Gasteiger partial charge in [0.1, 0.15) is 0 Å². The normalized spacial score (nSPS) is 21.4. The lowest BCUT2D eigenvalue weighted by Gasteiger charge is -2.44. The first-order valence-electron chi connectivity index (χ1n) is 7.64. The van der Waals surface area contributed by atoms with Gasteiger partial charge in [0, 0.05) is 11.6 Å². The van der Waals surface area contributed by atoms with Crippen LogP contribution in [0.25, 0.3) is 0 Å². The Morgan fingerprint density at radius 2 is 2.16 bits per heavy atom. The van der Waals surface area contributed by atoms with Crippen molar-refractivity contribution in [2.45, 2.75) is 57.5 Å². The van der Waals surface area contributed by atoms with E-state index in [1.54, 1.807) is 11.3 Å². The predicted octanol–water partition coefficient (Wildman–Crippen LogP) is 3.53. The van der Waals surface area contributed by atoms with Crippen LogP contribution in [0.4, 0.5) is 0 Å². The smallest absolute Gasteiger partial charge is 0.0331 e. The Labute approximate surface area is 122 Å². The van der Waals surface area contributed by atoms with Crippen molar-refractivity contribution >= 4 is 11.3 Å². The summed E-state index contributed by atoms with van der Waals surface area (Å²) in [5.74, 6) is 0. The highest BCUT2D eigenvalue weighted by molar-refractivity contribution is 7.07. The molecule has 1 aliphatic rings. The van der Waals surface area contributed by atoms with Crippen molar-refractivity contribution in [2.24, 2.45) is 0 Å². The number of nitrogens with zero attached hydrogens (tertiary/aromatic N) is 1. The second-order valence-corrected chi connectivity index (χ2v) is 6.70. The summed E-state index contributed by atoms with van der Waals surface area (Å²) in [7, 11) is 2.13. The number of nitrogens with one attached hydrogen (secondary N) is 1. The molecule has 2 atom stereocenters. The van der Waals surface area contributed by atoms with E-state index in [9.17, 15) is 0 Å². The molecule has 1 saturated heterocycles. The van der Waals surface area contributed by atoms with Crippen molar-refractivity contribution in [3.63, 3.8) is 0 Å². The van der Waals surface area contributed by atoms with Crippen LogP contribution in [0.15, 0.2) is 16.8 Å². The molecule has 2 heterocycles. The maximum atomic E-state index is 3.59. The minimum absolute atomic E-state index is 0.307. The van der Waals surface area contributed by atoms with Crippen LogP contribution in [0.3, 0.4) is 0 Å². The summed E-state index contributed by atoms with van der Waals surface area (Å²) in [6.07, 6.45) is 6.39. The fourth-order valence-corrected chi connectivity index (χ4v) is 4.13. The zero-order valence-corrected chi connectivity index (χ0v) is 13.4. The molecular formula is C16H28N2S. The second-order valence-electron chi connectivity index (χ2n) is 5.92. The number of hydrogen-bond acceptors (Lipinski definition) is 3. The molecule has 0 aliphatic carbocycles. The Morgan fingerprint density at radius 3 is 2.68 bits per heavy atom. The molecule has 2 nitrogen and oxygen atoms in total. The fourth-order valence-electron chi connectivity index (χ4n) is 3.43. The maximum absolute atomic E-state index is 3.59. The van der Waals surface area contributed by atoms with Crippen LogP contribution in [0.5, 0.6) is 0 Å². The Hall–Kier alpha value is -0.380. The molecule has 0 spiro atoms. The minimum atomic E-state index is 0.307. The lowest BCUT2D eigenvalue weighted by Crippen LogP contribution is -2.57. The van der Waals surface area contributed by atoms with E-state index >= 15 is 0 Å². The van der Waals surface area contributed by atoms with Gasteiger partial charge in [0.05, 0.1) is 0 Å². The van der Waals surface area contributed by atoms with Crippen LogP contribution in [0, 0.1) is 0 Å². The fraction of sp³-hybridized carbons (Fsp3) is 0.750. The number of aryl methyl sites for hydroxylation is 1. The summed E-state index contributed by atoms with van der Waals surface area (Å²) in [6.45, 7) is 7.35. The van der Waals surface area contributed by atoms with Crippen LogP contribution in [0.1, 0.15) is 45.1 Å². The lowest BCUT2D eigenvalue weighted by atomic mass is 9.84. The van der Waals surface area contributed by atoms with Crippen LogP contribution in [0.2, 0.25) is 0 Å². The highest BCUT2D eigenvalue weighted by Crippen LogP contribution is 2.30. The Morgan fingerprint density at radius 1 is 1.42 bits per heavy atom. The number of hydrogen-bond donors (Lipinski definition) is 1. The van der Waals surface area contributed by atoms with Crippen molar-refractivity contribution in [3.05, 3.63) is 22.4 Å². The number of thiophene rings is 1. The standard InChI is InChI=1S/C16H28N2S/c1-4-16(2,18-10-5-6-11-18)15(17-3)8-7-14-9-12-19-13-14/h9,12-13,15,17H,4-8,10-11H2,1-3H3. The van der Waals surface area contributed by atoms with Crippen LogP contribution < -0.4 is 5.32 Å². The van der Waals surface area contributed by atoms with Gasteiger partial charge >= 0.3 is 0 Å². The summed E-state index contributed by atoms with van der Waals surface area (Å²) in [6, 6.07) is 2.84. The van der Waals surface area contributed by atoms with E-state index in [1.165, 1.54) is 50.8 Å². The van der Waals surface area contributed by atoms with E-state index in [-0.39, 0.29) is 0 Å². The summed E-state index contributed by atoms with van der Waals surface area (Å²) < 4.78 is 0. The topological polar surface area (TPSA) is 15.3 Å². The van der Waals surface area contributed by atoms with E-state index < -0.39 is 0 Å². The molecule has 0 amide bonds. The average molecular weight is 280 g/mol. The molecule has 3 heteroatoms. The third-order valence-corrected chi connectivity index (χ3v) is 5.68. The third-order valence-electron chi connectivity index (χ3n) is 4.95. The van der Waals surface area contributed by atoms with Crippen molar-refractivity contribution in [2.75, 3.05) is 20.1 Å². The highest BCUT2D eigenvalue weighted by atomic mass is 32.1. The predicted molar refractivity (Wildman–Crippen MR) is 85.0 cm³/mol. The molecule has 0 saturated carbocycles. The van der Waals surface area contributed by atoms with Gasteiger partial charge in [-0.2, -0.15) is 11.3 Å². The molecule has 1 fully saturated rings. The van der Waals surface area contributed by atoms with E-state index in [4.69, 9.17) is 0 Å². The number of likely N-dealkylation sites (tertiary alicyclic amines) is 1. The highest BCUT2D eigenvalue weighted by Gasteiger charge is 2.38. The van der Waals surface area contributed by atoms with Gasteiger partial charge < -0.3 is 5.32 Å². The zero-order valence-electron chi connectivity index (χ0n) is 12.6. The molecule has 19 heavy (non-hydrogen) atoms. The van der Waals surface area contributed by atoms with E-state index in [0.29, 0.717) is 11.6 Å². The lowest BCUT2D eigenvalue weighted by molar-refractivity contribution is 0.0838. The third kappa shape index (κ3) is 3.39. The van der Waals surface area contributed by atoms with Gasteiger partial charge in [-0.3, -0.25) is 4.90 Å². The Kier molecular flexibility index (Phi) is 5.43. The summed E-state index contributed by atoms with van der Waals surface area (Å²) in [4.78, 5) is 2.71. The van der Waals surface area contributed by atoms with Gasteiger partial charge in [0.25, 0.3) is 0 Å². The molecule has 1 aromatic rings. The monoisotopic (exact) mass is 280 g/mol. The molecule has 0 aromatic carbocycles. The molecule has 1 aliphatic heterocycles. The van der Waals surface area contributed by atoms with Gasteiger partial charge in [-0.1, -0.05) is 6.92 Å². The maximum Gasteiger partial charge on any atom is 0.0331 e. The van der Waals surface area contributed by atoms with Crippen LogP contribution in [-0.2, 0) is 6.42 Å². The molecular weight excluding hydrogens is 252 g/mol. The van der Waals surface area contributed by atoms with Gasteiger partial charge in [-0.25, -0.2) is 0 Å². The van der Waals surface area contributed by atoms with Crippen molar-refractivity contribution in [3.8, 4) is 0 Å². The summed E-state index contributed by atoms with van der Waals surface area (Å²) in [5, 5.41) is 8.06. The van der Waals surface area contributed by atoms with Gasteiger partial charge in [0.15, 0.2) is 0 Å². The molecule has 2 unspecified atom stereocenters. The van der Waals surface area contributed by atoms with E-state index in [2.05, 4.69) is 47.9 Å². The Balaban J connectivity index is 2.00. The first kappa shape index (κ1) is 15.0. The zero-order chi connectivity index (χ0) is 13.7. The average Bonchev–Trinajstić information content (AvgIpc) is 3.12. The van der Waals surface area contributed by atoms with Crippen LogP contribution >= 0.6 is 11.3 Å². The molecule has 2 rings (SSSR count). The number of likely N-dealkylation sites (N-methyl/N-ethyl adjacent to an activating group) is 1. The van der Waals surface area contributed by atoms with Crippen molar-refractivity contribution in [1.82, 2.24) is 10.2 Å². The molecule has 1 N–H and O–H groups in total. The summed E-state index contributed by atoms with van der Waals surface area (Å²) in [5.41, 5.74) is 1.80. The van der Waals surface area contributed by atoms with E-state index in [1.807, 2.05) is 0 Å². The van der Waals surface area contributed by atoms with Crippen molar-refractivity contribution < 1.29 is 0 Å². The van der Waals surface area contributed by atoms with Crippen molar-refractivity contribution in [1.29, 1.82) is 0 Å².